The first-order chi connectivity index (χ1) is 9.08. The van der Waals surface area contributed by atoms with Gasteiger partial charge in [-0.05, 0) is 12.8 Å². The van der Waals surface area contributed by atoms with E-state index >= 15 is 0 Å². The Kier molecular flexibility index (Phi) is 4.16. The van der Waals surface area contributed by atoms with Gasteiger partial charge in [0.25, 0.3) is 0 Å². The van der Waals surface area contributed by atoms with Gasteiger partial charge in [-0.1, -0.05) is 0 Å². The van der Waals surface area contributed by atoms with Crippen LogP contribution < -0.4 is 11.1 Å². The third kappa shape index (κ3) is 3.31. The van der Waals surface area contributed by atoms with Gasteiger partial charge < -0.3 is 16.0 Å². The number of hydrogen-bond donors (Lipinski definition) is 2. The van der Waals surface area contributed by atoms with Crippen molar-refractivity contribution in [3.63, 3.8) is 0 Å². The number of aromatic nitrogens is 2. The number of amides is 2. The number of aryl methyl sites for hydroxylation is 1. The third-order valence-electron chi connectivity index (χ3n) is 3.24. The molecular weight excluding hydrogens is 246 g/mol. The number of hydrogen-bond acceptors (Lipinski definition) is 4. The van der Waals surface area contributed by atoms with Crippen molar-refractivity contribution in [3.05, 3.63) is 18.0 Å². The maximum absolute atomic E-state index is 11.8. The highest BCUT2D eigenvalue weighted by Gasteiger charge is 2.21. The highest BCUT2D eigenvalue weighted by molar-refractivity contribution is 5.88. The SMILES string of the molecule is Cn1cc(C(N)C(=O)NCC(=O)N2CCCC2)cn1. The van der Waals surface area contributed by atoms with E-state index in [-0.39, 0.29) is 18.4 Å². The number of nitrogens with two attached hydrogens (primary N) is 1. The summed E-state index contributed by atoms with van der Waals surface area (Å²) in [6, 6.07) is -0.792. The zero-order chi connectivity index (χ0) is 13.8. The molecule has 1 aliphatic heterocycles. The molecule has 2 rings (SSSR count). The average Bonchev–Trinajstić information content (AvgIpc) is 3.05. The lowest BCUT2D eigenvalue weighted by atomic mass is 10.1. The second-order valence-electron chi connectivity index (χ2n) is 4.73. The summed E-state index contributed by atoms with van der Waals surface area (Å²) in [5, 5.41) is 6.53. The van der Waals surface area contributed by atoms with Gasteiger partial charge in [-0.15, -0.1) is 0 Å². The predicted molar refractivity (Wildman–Crippen MR) is 69.0 cm³/mol. The summed E-state index contributed by atoms with van der Waals surface area (Å²) in [5.41, 5.74) is 6.43. The van der Waals surface area contributed by atoms with E-state index in [1.807, 2.05) is 0 Å². The first-order valence-electron chi connectivity index (χ1n) is 6.37. The number of rotatable bonds is 4. The molecule has 1 aliphatic rings. The first kappa shape index (κ1) is 13.5. The zero-order valence-electron chi connectivity index (χ0n) is 11.0. The van der Waals surface area contributed by atoms with Crippen molar-refractivity contribution in [3.8, 4) is 0 Å². The Balaban J connectivity index is 1.82. The molecule has 1 fully saturated rings. The van der Waals surface area contributed by atoms with Gasteiger partial charge in [0.05, 0.1) is 12.7 Å². The van der Waals surface area contributed by atoms with Crippen LogP contribution in [0.5, 0.6) is 0 Å². The Hall–Kier alpha value is -1.89. The highest BCUT2D eigenvalue weighted by atomic mass is 16.2. The van der Waals surface area contributed by atoms with Gasteiger partial charge in [-0.2, -0.15) is 5.10 Å². The van der Waals surface area contributed by atoms with Crippen LogP contribution in [-0.2, 0) is 16.6 Å². The minimum absolute atomic E-state index is 0.00674. The van der Waals surface area contributed by atoms with Gasteiger partial charge in [0.2, 0.25) is 11.8 Å². The van der Waals surface area contributed by atoms with Crippen molar-refractivity contribution >= 4 is 11.8 Å². The molecule has 0 radical (unpaired) electrons. The van der Waals surface area contributed by atoms with Crippen molar-refractivity contribution in [1.82, 2.24) is 20.0 Å². The van der Waals surface area contributed by atoms with Crippen molar-refractivity contribution in [2.45, 2.75) is 18.9 Å². The number of likely N-dealkylation sites (tertiary alicyclic amines) is 1. The number of carbonyl (C=O) groups is 2. The van der Waals surface area contributed by atoms with E-state index in [0.717, 1.165) is 25.9 Å². The monoisotopic (exact) mass is 265 g/mol. The lowest BCUT2D eigenvalue weighted by molar-refractivity contribution is -0.132. The van der Waals surface area contributed by atoms with Crippen LogP contribution in [-0.4, -0.2) is 46.1 Å². The van der Waals surface area contributed by atoms with E-state index in [1.54, 1.807) is 29.0 Å². The normalized spacial score (nSPS) is 16.4. The van der Waals surface area contributed by atoms with E-state index < -0.39 is 6.04 Å². The van der Waals surface area contributed by atoms with Crippen molar-refractivity contribution in [2.24, 2.45) is 12.8 Å². The minimum Gasteiger partial charge on any atom is -0.345 e. The lowest BCUT2D eigenvalue weighted by Gasteiger charge is -2.16. The summed E-state index contributed by atoms with van der Waals surface area (Å²) < 4.78 is 1.58. The molecule has 104 valence electrons. The Morgan fingerprint density at radius 1 is 1.47 bits per heavy atom. The Morgan fingerprint density at radius 3 is 2.74 bits per heavy atom. The van der Waals surface area contributed by atoms with Gasteiger partial charge in [-0.3, -0.25) is 14.3 Å². The minimum atomic E-state index is -0.792. The summed E-state index contributed by atoms with van der Waals surface area (Å²) >= 11 is 0. The van der Waals surface area contributed by atoms with Crippen molar-refractivity contribution in [2.75, 3.05) is 19.6 Å². The van der Waals surface area contributed by atoms with E-state index in [1.165, 1.54) is 0 Å². The quantitative estimate of drug-likeness (QED) is 0.742. The molecule has 0 saturated carbocycles. The fourth-order valence-electron chi connectivity index (χ4n) is 2.10. The molecule has 3 N–H and O–H groups in total. The van der Waals surface area contributed by atoms with Gasteiger partial charge in [0, 0.05) is 31.9 Å². The van der Waals surface area contributed by atoms with Crippen LogP contribution in [0.4, 0.5) is 0 Å². The van der Waals surface area contributed by atoms with Gasteiger partial charge in [0.1, 0.15) is 6.04 Å². The largest absolute Gasteiger partial charge is 0.345 e. The Morgan fingerprint density at radius 2 is 2.16 bits per heavy atom. The molecule has 2 amide bonds. The molecule has 7 heteroatoms. The van der Waals surface area contributed by atoms with Crippen LogP contribution in [0.1, 0.15) is 24.4 Å². The summed E-state index contributed by atoms with van der Waals surface area (Å²) in [6.07, 6.45) is 5.31. The summed E-state index contributed by atoms with van der Waals surface area (Å²) in [4.78, 5) is 25.4. The molecule has 19 heavy (non-hydrogen) atoms. The summed E-state index contributed by atoms with van der Waals surface area (Å²) in [7, 11) is 1.75. The summed E-state index contributed by atoms with van der Waals surface area (Å²) in [5.74, 6) is -0.412. The molecule has 1 atom stereocenters. The molecule has 0 aliphatic carbocycles. The molecule has 2 heterocycles. The van der Waals surface area contributed by atoms with E-state index in [4.69, 9.17) is 5.73 Å². The lowest BCUT2D eigenvalue weighted by Crippen LogP contribution is -2.42. The maximum Gasteiger partial charge on any atom is 0.242 e. The molecule has 1 saturated heterocycles. The molecule has 0 aromatic carbocycles. The van der Waals surface area contributed by atoms with Gasteiger partial charge in [0.15, 0.2) is 0 Å². The molecule has 1 unspecified atom stereocenters. The molecule has 7 nitrogen and oxygen atoms in total. The number of nitrogens with zero attached hydrogens (tertiary/aromatic N) is 3. The van der Waals surface area contributed by atoms with Crippen LogP contribution in [0.15, 0.2) is 12.4 Å². The Labute approximate surface area is 111 Å². The van der Waals surface area contributed by atoms with E-state index in [0.29, 0.717) is 5.56 Å². The van der Waals surface area contributed by atoms with Crippen molar-refractivity contribution in [1.29, 1.82) is 0 Å². The third-order valence-corrected chi connectivity index (χ3v) is 3.24. The van der Waals surface area contributed by atoms with E-state index in [9.17, 15) is 9.59 Å². The zero-order valence-corrected chi connectivity index (χ0v) is 11.0. The fraction of sp³-hybridized carbons (Fsp3) is 0.583. The van der Waals surface area contributed by atoms with Gasteiger partial charge in [-0.25, -0.2) is 0 Å². The first-order valence-corrected chi connectivity index (χ1v) is 6.37. The molecule has 1 aromatic heterocycles. The van der Waals surface area contributed by atoms with Crippen LogP contribution in [0.25, 0.3) is 0 Å². The molecule has 0 bridgehead atoms. The molecule has 1 aromatic rings. The molecular formula is C12H19N5O2. The smallest absolute Gasteiger partial charge is 0.242 e. The number of carbonyl (C=O) groups excluding carboxylic acids is 2. The van der Waals surface area contributed by atoms with Crippen molar-refractivity contribution < 1.29 is 9.59 Å². The fourth-order valence-corrected chi connectivity index (χ4v) is 2.10. The van der Waals surface area contributed by atoms with Crippen LogP contribution >= 0.6 is 0 Å². The standard InChI is InChI=1S/C12H19N5O2/c1-16-8-9(6-15-16)11(13)12(19)14-7-10(18)17-4-2-3-5-17/h6,8,11H,2-5,7,13H2,1H3,(H,14,19). The van der Waals surface area contributed by atoms with Crippen LogP contribution in [0, 0.1) is 0 Å². The van der Waals surface area contributed by atoms with Gasteiger partial charge >= 0.3 is 0 Å². The van der Waals surface area contributed by atoms with E-state index in [2.05, 4.69) is 10.4 Å². The topological polar surface area (TPSA) is 93.2 Å². The maximum atomic E-state index is 11.8. The number of nitrogens with one attached hydrogen (secondary N) is 1. The molecule has 0 spiro atoms. The van der Waals surface area contributed by atoms with Crippen LogP contribution in [0.2, 0.25) is 0 Å². The Bertz CT molecular complexity index is 464. The second kappa shape index (κ2) is 5.83. The second-order valence-corrected chi connectivity index (χ2v) is 4.73. The predicted octanol–water partition coefficient (Wildman–Crippen LogP) is -0.841. The average molecular weight is 265 g/mol. The summed E-state index contributed by atoms with van der Waals surface area (Å²) in [6.45, 7) is 1.57. The highest BCUT2D eigenvalue weighted by Crippen LogP contribution is 2.09. The van der Waals surface area contributed by atoms with Crippen LogP contribution in [0.3, 0.4) is 0 Å².